The quantitative estimate of drug-likeness (QED) is 0.162. The maximum atomic E-state index is 11.3. The lowest BCUT2D eigenvalue weighted by atomic mass is 9.98. The van der Waals surface area contributed by atoms with Crippen LogP contribution in [0.5, 0.6) is 0 Å². The van der Waals surface area contributed by atoms with Gasteiger partial charge in [0, 0.05) is 0 Å². The molecule has 5 atom stereocenters. The summed E-state index contributed by atoms with van der Waals surface area (Å²) in [5.41, 5.74) is 4.09. The summed E-state index contributed by atoms with van der Waals surface area (Å²) in [4.78, 5) is 0. The Hall–Kier alpha value is -3.88. The Bertz CT molecular complexity index is 1560. The van der Waals surface area contributed by atoms with Crippen molar-refractivity contribution in [2.24, 2.45) is 0 Å². The number of hydrogen-bond acceptors (Lipinski definition) is 6. The molecule has 0 amide bonds. The molecule has 226 valence electrons. The van der Waals surface area contributed by atoms with Gasteiger partial charge in [-0.25, -0.2) is 0 Å². The Balaban J connectivity index is 1.25. The fraction of sp³-hybridized carbons (Fsp3) is 0.263. The largest absolute Gasteiger partial charge is 0.374 e. The summed E-state index contributed by atoms with van der Waals surface area (Å²) >= 11 is 0. The first kappa shape index (κ1) is 30.2. The molecule has 1 aliphatic rings. The third kappa shape index (κ3) is 7.98. The van der Waals surface area contributed by atoms with E-state index in [0.29, 0.717) is 26.4 Å². The Morgan fingerprint density at radius 2 is 0.977 bits per heavy atom. The van der Waals surface area contributed by atoms with Crippen LogP contribution in [0, 0.1) is 0 Å². The molecule has 0 radical (unpaired) electrons. The molecule has 6 rings (SSSR count). The number of benzene rings is 5. The van der Waals surface area contributed by atoms with Crippen LogP contribution < -0.4 is 0 Å². The van der Waals surface area contributed by atoms with Gasteiger partial charge in [-0.15, -0.1) is 0 Å². The zero-order valence-corrected chi connectivity index (χ0v) is 24.6. The van der Waals surface area contributed by atoms with E-state index in [1.54, 1.807) is 0 Å². The van der Waals surface area contributed by atoms with Crippen molar-refractivity contribution < 1.29 is 28.8 Å². The molecule has 3 unspecified atom stereocenters. The van der Waals surface area contributed by atoms with E-state index in [-0.39, 0.29) is 6.61 Å². The standard InChI is InChI=1S/C38H38O6/c39-38-37(43-25-30-16-8-3-9-17-30)36(42-26-31-20-21-32-18-10-11-19-33(32)22-31)35(41-24-29-14-6-2-7-15-29)34(44-38)27-40-23-28-12-4-1-5-13-28/h1-22,34-39H,23-27H2/t34?,35-,36?,37?,38+/m1/s1. The second-order valence-electron chi connectivity index (χ2n) is 11.0. The molecule has 0 aromatic heterocycles. The first-order valence-corrected chi connectivity index (χ1v) is 15.1. The van der Waals surface area contributed by atoms with Crippen LogP contribution in [0.4, 0.5) is 0 Å². The highest BCUT2D eigenvalue weighted by molar-refractivity contribution is 5.82. The molecule has 5 aromatic carbocycles. The van der Waals surface area contributed by atoms with Gasteiger partial charge in [0.2, 0.25) is 0 Å². The number of aliphatic hydroxyl groups is 1. The van der Waals surface area contributed by atoms with Gasteiger partial charge in [0.25, 0.3) is 0 Å². The van der Waals surface area contributed by atoms with Crippen molar-refractivity contribution in [3.05, 3.63) is 156 Å². The molecule has 6 nitrogen and oxygen atoms in total. The van der Waals surface area contributed by atoms with Gasteiger partial charge in [0.15, 0.2) is 6.29 Å². The first-order valence-electron chi connectivity index (χ1n) is 15.1. The minimum atomic E-state index is -1.23. The fourth-order valence-electron chi connectivity index (χ4n) is 5.52. The molecule has 0 aliphatic carbocycles. The Kier molecular flexibility index (Phi) is 10.4. The van der Waals surface area contributed by atoms with E-state index in [1.807, 2.05) is 103 Å². The minimum Gasteiger partial charge on any atom is -0.374 e. The zero-order chi connectivity index (χ0) is 30.0. The average Bonchev–Trinajstić information content (AvgIpc) is 3.07. The molecule has 1 saturated heterocycles. The molecule has 6 heteroatoms. The van der Waals surface area contributed by atoms with Gasteiger partial charge < -0.3 is 28.8 Å². The van der Waals surface area contributed by atoms with Gasteiger partial charge in [-0.1, -0.05) is 127 Å². The molecule has 1 N–H and O–H groups in total. The van der Waals surface area contributed by atoms with E-state index >= 15 is 0 Å². The maximum Gasteiger partial charge on any atom is 0.184 e. The lowest BCUT2D eigenvalue weighted by Gasteiger charge is -2.44. The second-order valence-corrected chi connectivity index (χ2v) is 11.0. The van der Waals surface area contributed by atoms with Gasteiger partial charge in [0.1, 0.15) is 24.4 Å². The monoisotopic (exact) mass is 590 g/mol. The second kappa shape index (κ2) is 15.2. The highest BCUT2D eigenvalue weighted by Gasteiger charge is 2.48. The summed E-state index contributed by atoms with van der Waals surface area (Å²) in [6.45, 7) is 1.59. The molecule has 44 heavy (non-hydrogen) atoms. The van der Waals surface area contributed by atoms with Crippen LogP contribution in [0.1, 0.15) is 22.3 Å². The smallest absolute Gasteiger partial charge is 0.184 e. The summed E-state index contributed by atoms with van der Waals surface area (Å²) in [5.74, 6) is 0. The minimum absolute atomic E-state index is 0.215. The van der Waals surface area contributed by atoms with Gasteiger partial charge >= 0.3 is 0 Å². The number of aliphatic hydroxyl groups excluding tert-OH is 1. The van der Waals surface area contributed by atoms with Gasteiger partial charge in [-0.05, 0) is 39.1 Å². The number of ether oxygens (including phenoxy) is 5. The Morgan fingerprint density at radius 3 is 1.61 bits per heavy atom. The maximum absolute atomic E-state index is 11.3. The van der Waals surface area contributed by atoms with Crippen LogP contribution in [0.2, 0.25) is 0 Å². The van der Waals surface area contributed by atoms with E-state index in [0.717, 1.165) is 27.6 Å². The highest BCUT2D eigenvalue weighted by Crippen LogP contribution is 2.30. The van der Waals surface area contributed by atoms with Crippen LogP contribution in [0.15, 0.2) is 133 Å². The van der Waals surface area contributed by atoms with Crippen LogP contribution in [0.25, 0.3) is 10.8 Å². The molecule has 1 heterocycles. The molecular weight excluding hydrogens is 552 g/mol. The van der Waals surface area contributed by atoms with Crippen molar-refractivity contribution in [3.63, 3.8) is 0 Å². The predicted octanol–water partition coefficient (Wildman–Crippen LogP) is 6.83. The van der Waals surface area contributed by atoms with Crippen LogP contribution in [0.3, 0.4) is 0 Å². The number of rotatable bonds is 13. The molecule has 0 bridgehead atoms. The molecule has 0 spiro atoms. The third-order valence-corrected chi connectivity index (χ3v) is 7.83. The SMILES string of the molecule is O[C@H]1OC(COCc2ccccc2)[C@@H](OCc2ccccc2)C(OCc2ccc3ccccc3c2)C1OCc1ccccc1. The van der Waals surface area contributed by atoms with Crippen molar-refractivity contribution in [2.75, 3.05) is 6.61 Å². The van der Waals surface area contributed by atoms with Crippen molar-refractivity contribution in [2.45, 2.75) is 57.1 Å². The number of fused-ring (bicyclic) bond motifs is 1. The summed E-state index contributed by atoms with van der Waals surface area (Å²) in [7, 11) is 0. The van der Waals surface area contributed by atoms with Gasteiger partial charge in [-0.3, -0.25) is 0 Å². The van der Waals surface area contributed by atoms with E-state index < -0.39 is 30.7 Å². The van der Waals surface area contributed by atoms with Gasteiger partial charge in [0.05, 0.1) is 33.0 Å². The lowest BCUT2D eigenvalue weighted by Crippen LogP contribution is -2.61. The van der Waals surface area contributed by atoms with Crippen molar-refractivity contribution >= 4 is 10.8 Å². The molecular formula is C38H38O6. The van der Waals surface area contributed by atoms with Crippen LogP contribution >= 0.6 is 0 Å². The zero-order valence-electron chi connectivity index (χ0n) is 24.6. The van der Waals surface area contributed by atoms with Crippen molar-refractivity contribution in [1.29, 1.82) is 0 Å². The Labute approximate surface area is 258 Å². The van der Waals surface area contributed by atoms with E-state index in [2.05, 4.69) is 30.3 Å². The Morgan fingerprint density at radius 1 is 0.477 bits per heavy atom. The van der Waals surface area contributed by atoms with E-state index in [9.17, 15) is 5.11 Å². The summed E-state index contributed by atoms with van der Waals surface area (Å²) in [5, 5.41) is 13.6. The van der Waals surface area contributed by atoms with Gasteiger partial charge in [-0.2, -0.15) is 0 Å². The molecule has 1 aliphatic heterocycles. The summed E-state index contributed by atoms with van der Waals surface area (Å²) in [6, 6.07) is 44.4. The highest BCUT2D eigenvalue weighted by atomic mass is 16.7. The predicted molar refractivity (Wildman–Crippen MR) is 170 cm³/mol. The third-order valence-electron chi connectivity index (χ3n) is 7.83. The van der Waals surface area contributed by atoms with Crippen molar-refractivity contribution in [3.8, 4) is 0 Å². The molecule has 0 saturated carbocycles. The van der Waals surface area contributed by atoms with Crippen LogP contribution in [-0.2, 0) is 50.1 Å². The van der Waals surface area contributed by atoms with E-state index in [4.69, 9.17) is 23.7 Å². The first-order chi connectivity index (χ1) is 21.7. The molecule has 1 fully saturated rings. The topological polar surface area (TPSA) is 66.4 Å². The lowest BCUT2D eigenvalue weighted by molar-refractivity contribution is -0.317. The fourth-order valence-corrected chi connectivity index (χ4v) is 5.52. The summed E-state index contributed by atoms with van der Waals surface area (Å²) in [6.07, 6.45) is -3.82. The van der Waals surface area contributed by atoms with Crippen molar-refractivity contribution in [1.82, 2.24) is 0 Å². The van der Waals surface area contributed by atoms with E-state index in [1.165, 1.54) is 5.39 Å². The average molecular weight is 591 g/mol. The summed E-state index contributed by atoms with van der Waals surface area (Å²) < 4.78 is 31.8. The normalized spacial score (nSPS) is 21.8. The molecule has 5 aromatic rings. The number of hydrogen-bond donors (Lipinski definition) is 1. The van der Waals surface area contributed by atoms with Crippen LogP contribution in [-0.4, -0.2) is 42.4 Å².